The third-order valence-electron chi connectivity index (χ3n) is 6.78. The molecule has 2 aromatic rings. The molecular formula is C22H27FN4O2. The van der Waals surface area contributed by atoms with Gasteiger partial charge in [-0.25, -0.2) is 4.39 Å². The number of hydrogen-bond acceptors (Lipinski definition) is 5. The zero-order valence-corrected chi connectivity index (χ0v) is 16.8. The van der Waals surface area contributed by atoms with Gasteiger partial charge in [0.15, 0.2) is 0 Å². The molecule has 3 fully saturated rings. The van der Waals surface area contributed by atoms with Crippen molar-refractivity contribution < 1.29 is 13.6 Å². The molecule has 2 saturated heterocycles. The van der Waals surface area contributed by atoms with E-state index in [1.807, 2.05) is 11.0 Å². The first-order chi connectivity index (χ1) is 14.1. The fraction of sp³-hybridized carbons (Fsp3) is 0.591. The molecule has 2 aliphatic heterocycles. The fourth-order valence-corrected chi connectivity index (χ4v) is 5.12. The summed E-state index contributed by atoms with van der Waals surface area (Å²) < 4.78 is 19.8. The number of fused-ring (bicyclic) bond motifs is 1. The normalized spacial score (nSPS) is 26.6. The van der Waals surface area contributed by atoms with E-state index < -0.39 is 0 Å². The van der Waals surface area contributed by atoms with Gasteiger partial charge in [0.1, 0.15) is 5.82 Å². The number of halogens is 1. The Kier molecular flexibility index (Phi) is 4.76. The first-order valence-electron chi connectivity index (χ1n) is 10.8. The lowest BCUT2D eigenvalue weighted by atomic mass is 9.83. The highest BCUT2D eigenvalue weighted by atomic mass is 19.1. The summed E-state index contributed by atoms with van der Waals surface area (Å²) in [7, 11) is 0. The average Bonchev–Trinajstić information content (AvgIpc) is 3.33. The van der Waals surface area contributed by atoms with Crippen molar-refractivity contribution in [1.29, 1.82) is 0 Å². The van der Waals surface area contributed by atoms with E-state index in [0.717, 1.165) is 50.8 Å². The first kappa shape index (κ1) is 18.6. The molecule has 0 radical (unpaired) electrons. The van der Waals surface area contributed by atoms with E-state index >= 15 is 0 Å². The number of rotatable bonds is 5. The second kappa shape index (κ2) is 7.43. The summed E-state index contributed by atoms with van der Waals surface area (Å²) in [4.78, 5) is 17.3. The quantitative estimate of drug-likeness (QED) is 0.770. The summed E-state index contributed by atoms with van der Waals surface area (Å²) >= 11 is 0. The zero-order chi connectivity index (χ0) is 20.0. The van der Waals surface area contributed by atoms with Gasteiger partial charge in [-0.2, -0.15) is 0 Å². The van der Waals surface area contributed by atoms with Crippen LogP contribution in [-0.4, -0.2) is 40.6 Å². The summed E-state index contributed by atoms with van der Waals surface area (Å²) in [6.07, 6.45) is 4.84. The number of hydrogen-bond donors (Lipinski definition) is 0. The molecule has 0 bridgehead atoms. The van der Waals surface area contributed by atoms with Crippen molar-refractivity contribution in [3.8, 4) is 0 Å². The number of aryl methyl sites for hydroxylation is 1. The molecule has 154 valence electrons. The van der Waals surface area contributed by atoms with Crippen molar-refractivity contribution in [2.45, 2.75) is 45.1 Å². The maximum absolute atomic E-state index is 14.0. The molecule has 1 aromatic carbocycles. The van der Waals surface area contributed by atoms with Crippen LogP contribution in [0.3, 0.4) is 0 Å². The van der Waals surface area contributed by atoms with Crippen LogP contribution in [0.2, 0.25) is 0 Å². The van der Waals surface area contributed by atoms with Crippen LogP contribution in [0.4, 0.5) is 10.4 Å². The maximum Gasteiger partial charge on any atom is 0.318 e. The number of aromatic nitrogens is 2. The van der Waals surface area contributed by atoms with Crippen molar-refractivity contribution >= 4 is 11.9 Å². The second-order valence-electron chi connectivity index (χ2n) is 8.68. The Bertz CT molecular complexity index is 896. The number of nitrogens with zero attached hydrogens (tertiary/aromatic N) is 4. The summed E-state index contributed by atoms with van der Waals surface area (Å²) in [5.74, 6) is 1.38. The highest BCUT2D eigenvalue weighted by molar-refractivity contribution is 5.80. The molecule has 0 N–H and O–H groups in total. The molecule has 1 amide bonds. The van der Waals surface area contributed by atoms with Gasteiger partial charge in [-0.05, 0) is 37.0 Å². The predicted octanol–water partition coefficient (Wildman–Crippen LogP) is 3.60. The van der Waals surface area contributed by atoms with E-state index in [0.29, 0.717) is 24.4 Å². The molecule has 7 heteroatoms. The van der Waals surface area contributed by atoms with Gasteiger partial charge < -0.3 is 14.2 Å². The summed E-state index contributed by atoms with van der Waals surface area (Å²) in [6.45, 7) is 4.34. The molecule has 1 aromatic heterocycles. The maximum atomic E-state index is 14.0. The van der Waals surface area contributed by atoms with E-state index in [-0.39, 0.29) is 29.6 Å². The number of carbonyl (C=O) groups is 1. The molecule has 5 rings (SSSR count). The predicted molar refractivity (Wildman–Crippen MR) is 106 cm³/mol. The third-order valence-corrected chi connectivity index (χ3v) is 6.78. The fourth-order valence-electron chi connectivity index (χ4n) is 5.12. The lowest BCUT2D eigenvalue weighted by Crippen LogP contribution is -2.41. The Morgan fingerprint density at radius 1 is 1.24 bits per heavy atom. The van der Waals surface area contributed by atoms with Crippen LogP contribution >= 0.6 is 0 Å². The SMILES string of the molecule is CCCc1nnc(N2C[C@H]3CN(C(=O)C4CCC4)[C@@H](c4cccc(F)c4)[C@H]3C2)o1. The largest absolute Gasteiger partial charge is 0.408 e. The molecule has 0 unspecified atom stereocenters. The number of carbonyl (C=O) groups excluding carboxylic acids is 1. The van der Waals surface area contributed by atoms with Gasteiger partial charge in [-0.15, -0.1) is 5.10 Å². The molecule has 1 aliphatic carbocycles. The minimum absolute atomic E-state index is 0.0909. The van der Waals surface area contributed by atoms with Crippen molar-refractivity contribution in [2.75, 3.05) is 24.5 Å². The molecule has 3 atom stereocenters. The zero-order valence-electron chi connectivity index (χ0n) is 16.8. The van der Waals surface area contributed by atoms with Gasteiger partial charge in [-0.1, -0.05) is 30.6 Å². The molecule has 6 nitrogen and oxygen atoms in total. The van der Waals surface area contributed by atoms with Crippen LogP contribution in [0.5, 0.6) is 0 Å². The van der Waals surface area contributed by atoms with Crippen LogP contribution in [0.25, 0.3) is 0 Å². The molecule has 3 heterocycles. The molecular weight excluding hydrogens is 371 g/mol. The summed E-state index contributed by atoms with van der Waals surface area (Å²) in [5.41, 5.74) is 0.893. The third kappa shape index (κ3) is 3.30. The Hall–Kier alpha value is -2.44. The van der Waals surface area contributed by atoms with Gasteiger partial charge >= 0.3 is 6.01 Å². The van der Waals surface area contributed by atoms with Crippen LogP contribution in [-0.2, 0) is 11.2 Å². The lowest BCUT2D eigenvalue weighted by Gasteiger charge is -2.35. The Labute approximate surface area is 170 Å². The minimum atomic E-state index is -0.252. The van der Waals surface area contributed by atoms with Crippen molar-refractivity contribution in [3.63, 3.8) is 0 Å². The van der Waals surface area contributed by atoms with Crippen molar-refractivity contribution in [1.82, 2.24) is 15.1 Å². The Balaban J connectivity index is 1.41. The summed E-state index contributed by atoms with van der Waals surface area (Å²) in [5, 5.41) is 8.38. The van der Waals surface area contributed by atoms with E-state index in [1.165, 1.54) is 6.07 Å². The standard InChI is InChI=1S/C22H27FN4O2/c1-2-5-19-24-25-22(29-19)26-11-16-12-27(21(28)14-6-3-7-14)20(18(16)13-26)15-8-4-9-17(23)10-15/h4,8-10,14,16,18,20H,2-3,5-7,11-13H2,1H3/t16-,18-,20-/m0/s1. The van der Waals surface area contributed by atoms with Gasteiger partial charge in [0, 0.05) is 43.8 Å². The molecule has 0 spiro atoms. The van der Waals surface area contributed by atoms with Crippen LogP contribution in [0.1, 0.15) is 50.1 Å². The van der Waals surface area contributed by atoms with E-state index in [1.54, 1.807) is 12.1 Å². The highest BCUT2D eigenvalue weighted by Crippen LogP contribution is 2.47. The Morgan fingerprint density at radius 3 is 2.83 bits per heavy atom. The first-order valence-corrected chi connectivity index (χ1v) is 10.8. The highest BCUT2D eigenvalue weighted by Gasteiger charge is 2.51. The average molecular weight is 398 g/mol. The van der Waals surface area contributed by atoms with Crippen molar-refractivity contribution in [2.24, 2.45) is 17.8 Å². The topological polar surface area (TPSA) is 62.5 Å². The second-order valence-corrected chi connectivity index (χ2v) is 8.68. The minimum Gasteiger partial charge on any atom is -0.408 e. The van der Waals surface area contributed by atoms with E-state index in [2.05, 4.69) is 22.0 Å². The van der Waals surface area contributed by atoms with Crippen LogP contribution in [0.15, 0.2) is 28.7 Å². The van der Waals surface area contributed by atoms with E-state index in [4.69, 9.17) is 4.42 Å². The number of amides is 1. The molecule has 1 saturated carbocycles. The van der Waals surface area contributed by atoms with Gasteiger partial charge in [0.05, 0.1) is 6.04 Å². The van der Waals surface area contributed by atoms with Gasteiger partial charge in [0.2, 0.25) is 11.8 Å². The molecule has 3 aliphatic rings. The number of anilines is 1. The number of benzene rings is 1. The monoisotopic (exact) mass is 398 g/mol. The van der Waals surface area contributed by atoms with Crippen LogP contribution in [0, 0.1) is 23.6 Å². The van der Waals surface area contributed by atoms with Gasteiger partial charge in [-0.3, -0.25) is 4.79 Å². The number of likely N-dealkylation sites (tertiary alicyclic amines) is 1. The van der Waals surface area contributed by atoms with E-state index in [9.17, 15) is 9.18 Å². The van der Waals surface area contributed by atoms with Crippen molar-refractivity contribution in [3.05, 3.63) is 41.5 Å². The van der Waals surface area contributed by atoms with Gasteiger partial charge in [0.25, 0.3) is 0 Å². The Morgan fingerprint density at radius 2 is 2.10 bits per heavy atom. The van der Waals surface area contributed by atoms with Crippen LogP contribution < -0.4 is 4.90 Å². The summed E-state index contributed by atoms with van der Waals surface area (Å²) in [6, 6.07) is 7.22. The molecule has 29 heavy (non-hydrogen) atoms. The smallest absolute Gasteiger partial charge is 0.318 e. The lowest BCUT2D eigenvalue weighted by molar-refractivity contribution is -0.139.